The molecule has 0 aromatic rings. The van der Waals surface area contributed by atoms with Crippen LogP contribution in [0.3, 0.4) is 0 Å². The third-order valence-corrected chi connectivity index (χ3v) is 1.37. The Morgan fingerprint density at radius 3 is 2.46 bits per heavy atom. The summed E-state index contributed by atoms with van der Waals surface area (Å²) in [5, 5.41) is 0. The molecule has 0 heterocycles. The first-order valence-electron chi connectivity index (χ1n) is 4.07. The van der Waals surface area contributed by atoms with Crippen molar-refractivity contribution in [2.24, 2.45) is 10.7 Å². The molecule has 0 amide bonds. The van der Waals surface area contributed by atoms with E-state index in [0.717, 1.165) is 5.57 Å². The number of hydrogen-bond acceptors (Lipinski definition) is 1. The third-order valence-electron chi connectivity index (χ3n) is 1.37. The lowest BCUT2D eigenvalue weighted by molar-refractivity contribution is 1.32. The molecule has 0 aromatic carbocycles. The lowest BCUT2D eigenvalue weighted by atomic mass is 10.2. The number of nitrogens with zero attached hydrogens (tertiary/aromatic N) is 1. The summed E-state index contributed by atoms with van der Waals surface area (Å²) in [7, 11) is 0. The predicted octanol–water partition coefficient (Wildman–Crippen LogP) is 2.57. The van der Waals surface area contributed by atoms with E-state index in [1.165, 1.54) is 0 Å². The maximum atomic E-state index is 5.43. The molecular formula is C11H16N2. The molecule has 0 aliphatic carbocycles. The van der Waals surface area contributed by atoms with E-state index in [2.05, 4.69) is 18.2 Å². The molecule has 0 aliphatic rings. The minimum atomic E-state index is 0.511. The molecule has 0 spiro atoms. The van der Waals surface area contributed by atoms with Gasteiger partial charge in [-0.05, 0) is 19.4 Å². The van der Waals surface area contributed by atoms with Crippen LogP contribution in [0.4, 0.5) is 0 Å². The number of allylic oxidation sites excluding steroid dienone is 4. The van der Waals surface area contributed by atoms with Crippen molar-refractivity contribution in [3.05, 3.63) is 48.7 Å². The van der Waals surface area contributed by atoms with Gasteiger partial charge in [0.1, 0.15) is 0 Å². The molecule has 70 valence electrons. The molecule has 13 heavy (non-hydrogen) atoms. The van der Waals surface area contributed by atoms with Crippen LogP contribution in [0.1, 0.15) is 13.8 Å². The number of aliphatic imine (C=N–C) groups is 1. The molecule has 0 unspecified atom stereocenters. The van der Waals surface area contributed by atoms with E-state index < -0.39 is 0 Å². The summed E-state index contributed by atoms with van der Waals surface area (Å²) in [5.74, 6) is 0.511. The van der Waals surface area contributed by atoms with Gasteiger partial charge in [0.15, 0.2) is 0 Å². The minimum Gasteiger partial charge on any atom is -0.387 e. The summed E-state index contributed by atoms with van der Waals surface area (Å²) in [4.78, 5) is 4.05. The zero-order chi connectivity index (χ0) is 10.3. The van der Waals surface area contributed by atoms with Crippen molar-refractivity contribution in [3.63, 3.8) is 0 Å². The van der Waals surface area contributed by atoms with Gasteiger partial charge in [0, 0.05) is 0 Å². The first-order valence-corrected chi connectivity index (χ1v) is 4.07. The Morgan fingerprint density at radius 1 is 1.46 bits per heavy atom. The number of rotatable bonds is 4. The fourth-order valence-corrected chi connectivity index (χ4v) is 0.808. The molecule has 2 nitrogen and oxygen atoms in total. The van der Waals surface area contributed by atoms with Crippen LogP contribution < -0.4 is 5.73 Å². The molecule has 0 bridgehead atoms. The molecule has 0 radical (unpaired) electrons. The Kier molecular flexibility index (Phi) is 5.28. The summed E-state index contributed by atoms with van der Waals surface area (Å²) in [6, 6.07) is 0. The molecule has 0 atom stereocenters. The summed E-state index contributed by atoms with van der Waals surface area (Å²) >= 11 is 0. The SMILES string of the molecule is C=C/C=C\C(=C/C)C(=C)N=C(C)N. The topological polar surface area (TPSA) is 38.4 Å². The zero-order valence-corrected chi connectivity index (χ0v) is 8.25. The van der Waals surface area contributed by atoms with Crippen molar-refractivity contribution in [3.8, 4) is 0 Å². The van der Waals surface area contributed by atoms with E-state index in [0.29, 0.717) is 11.5 Å². The highest BCUT2D eigenvalue weighted by Gasteiger charge is 1.94. The van der Waals surface area contributed by atoms with Crippen LogP contribution in [0.15, 0.2) is 53.7 Å². The molecular weight excluding hydrogens is 160 g/mol. The van der Waals surface area contributed by atoms with E-state index in [-0.39, 0.29) is 0 Å². The van der Waals surface area contributed by atoms with Crippen molar-refractivity contribution in [1.82, 2.24) is 0 Å². The van der Waals surface area contributed by atoms with E-state index >= 15 is 0 Å². The van der Waals surface area contributed by atoms with E-state index in [1.54, 1.807) is 13.0 Å². The van der Waals surface area contributed by atoms with Gasteiger partial charge in [-0.15, -0.1) is 0 Å². The van der Waals surface area contributed by atoms with Crippen LogP contribution in [0, 0.1) is 0 Å². The minimum absolute atomic E-state index is 0.511. The van der Waals surface area contributed by atoms with Crippen molar-refractivity contribution >= 4 is 5.84 Å². The summed E-state index contributed by atoms with van der Waals surface area (Å²) in [6.45, 7) is 11.0. The first kappa shape index (κ1) is 11.4. The Hall–Kier alpha value is -1.57. The summed E-state index contributed by atoms with van der Waals surface area (Å²) < 4.78 is 0. The third kappa shape index (κ3) is 4.80. The lowest BCUT2D eigenvalue weighted by Gasteiger charge is -2.00. The van der Waals surface area contributed by atoms with Crippen LogP contribution in [0.2, 0.25) is 0 Å². The Labute approximate surface area is 79.9 Å². The maximum absolute atomic E-state index is 5.43. The molecule has 0 saturated heterocycles. The average molecular weight is 176 g/mol. The Balaban J connectivity index is 4.62. The highest BCUT2D eigenvalue weighted by molar-refractivity contribution is 5.79. The predicted molar refractivity (Wildman–Crippen MR) is 59.5 cm³/mol. The Morgan fingerprint density at radius 2 is 2.08 bits per heavy atom. The van der Waals surface area contributed by atoms with Crippen LogP contribution in [0.25, 0.3) is 0 Å². The van der Waals surface area contributed by atoms with Gasteiger partial charge in [-0.25, -0.2) is 4.99 Å². The fraction of sp³-hybridized carbons (Fsp3) is 0.182. The van der Waals surface area contributed by atoms with Gasteiger partial charge in [-0.2, -0.15) is 0 Å². The smallest absolute Gasteiger partial charge is 0.0964 e. The second-order valence-electron chi connectivity index (χ2n) is 2.54. The standard InChI is InChI=1S/C11H16N2/c1-5-7-8-11(6-2)9(3)13-10(4)12/h5-8H,1,3H2,2,4H3,(H2,12,13)/b8-7-,11-6+. The van der Waals surface area contributed by atoms with Gasteiger partial charge in [-0.3, -0.25) is 0 Å². The van der Waals surface area contributed by atoms with Crippen LogP contribution in [-0.4, -0.2) is 5.84 Å². The van der Waals surface area contributed by atoms with Crippen LogP contribution in [0.5, 0.6) is 0 Å². The van der Waals surface area contributed by atoms with Crippen LogP contribution in [-0.2, 0) is 0 Å². The molecule has 2 N–H and O–H groups in total. The molecule has 0 saturated carbocycles. The molecule has 0 rings (SSSR count). The van der Waals surface area contributed by atoms with Gasteiger partial charge in [0.05, 0.1) is 11.5 Å². The normalized spacial score (nSPS) is 13.4. The molecule has 2 heteroatoms. The van der Waals surface area contributed by atoms with Gasteiger partial charge in [0.25, 0.3) is 0 Å². The fourth-order valence-electron chi connectivity index (χ4n) is 0.808. The largest absolute Gasteiger partial charge is 0.387 e. The van der Waals surface area contributed by atoms with E-state index in [4.69, 9.17) is 5.73 Å². The van der Waals surface area contributed by atoms with Gasteiger partial charge >= 0.3 is 0 Å². The lowest BCUT2D eigenvalue weighted by Crippen LogP contribution is -2.05. The number of hydrogen-bond donors (Lipinski definition) is 1. The average Bonchev–Trinajstić information content (AvgIpc) is 2.04. The van der Waals surface area contributed by atoms with Crippen molar-refractivity contribution in [2.45, 2.75) is 13.8 Å². The van der Waals surface area contributed by atoms with Crippen molar-refractivity contribution in [2.75, 3.05) is 0 Å². The summed E-state index contributed by atoms with van der Waals surface area (Å²) in [5.41, 5.74) is 7.05. The molecule has 0 aromatic heterocycles. The van der Waals surface area contributed by atoms with E-state index in [1.807, 2.05) is 25.2 Å². The van der Waals surface area contributed by atoms with Gasteiger partial charge in [-0.1, -0.05) is 37.5 Å². The monoisotopic (exact) mass is 176 g/mol. The molecule has 0 aliphatic heterocycles. The number of amidine groups is 1. The van der Waals surface area contributed by atoms with Crippen LogP contribution >= 0.6 is 0 Å². The quantitative estimate of drug-likeness (QED) is 0.399. The highest BCUT2D eigenvalue weighted by Crippen LogP contribution is 2.10. The molecule has 0 fully saturated rings. The summed E-state index contributed by atoms with van der Waals surface area (Å²) in [6.07, 6.45) is 7.36. The first-order chi connectivity index (χ1) is 6.11. The van der Waals surface area contributed by atoms with Gasteiger partial charge in [0.2, 0.25) is 0 Å². The highest BCUT2D eigenvalue weighted by atomic mass is 14.8. The zero-order valence-electron chi connectivity index (χ0n) is 8.25. The second kappa shape index (κ2) is 6.00. The van der Waals surface area contributed by atoms with Crippen molar-refractivity contribution in [1.29, 1.82) is 0 Å². The maximum Gasteiger partial charge on any atom is 0.0964 e. The van der Waals surface area contributed by atoms with Gasteiger partial charge < -0.3 is 5.73 Å². The second-order valence-corrected chi connectivity index (χ2v) is 2.54. The Bertz CT molecular complexity index is 276. The van der Waals surface area contributed by atoms with Crippen molar-refractivity contribution < 1.29 is 0 Å². The number of nitrogens with two attached hydrogens (primary N) is 1. The van der Waals surface area contributed by atoms with E-state index in [9.17, 15) is 0 Å².